The maximum Gasteiger partial charge on any atom is 0.263 e. The van der Waals surface area contributed by atoms with Gasteiger partial charge in [0.25, 0.3) is 17.9 Å². The Bertz CT molecular complexity index is 1210. The number of benzene rings is 2. The van der Waals surface area contributed by atoms with Crippen LogP contribution in [-0.2, 0) is 11.3 Å². The Morgan fingerprint density at radius 3 is 2.57 bits per heavy atom. The lowest BCUT2D eigenvalue weighted by Gasteiger charge is -2.34. The molecule has 5 nitrogen and oxygen atoms in total. The number of nitrogens with zero attached hydrogens (tertiary/aromatic N) is 1. The van der Waals surface area contributed by atoms with Crippen LogP contribution in [0.4, 0.5) is 17.6 Å². The highest BCUT2D eigenvalue weighted by molar-refractivity contribution is 5.95. The van der Waals surface area contributed by atoms with Gasteiger partial charge in [-0.15, -0.1) is 0 Å². The summed E-state index contributed by atoms with van der Waals surface area (Å²) < 4.78 is 59.1. The number of amides is 1. The zero-order valence-electron chi connectivity index (χ0n) is 15.7. The molecule has 1 amide bonds. The van der Waals surface area contributed by atoms with Gasteiger partial charge in [-0.05, 0) is 29.7 Å². The number of fused-ring (bicyclic) bond motifs is 3. The molecule has 0 fully saturated rings. The van der Waals surface area contributed by atoms with E-state index in [4.69, 9.17) is 4.74 Å². The molecule has 4 rings (SSSR count). The van der Waals surface area contributed by atoms with E-state index in [2.05, 4.69) is 4.98 Å². The van der Waals surface area contributed by atoms with Crippen LogP contribution in [0, 0.1) is 11.6 Å². The van der Waals surface area contributed by atoms with Gasteiger partial charge in [-0.2, -0.15) is 0 Å². The summed E-state index contributed by atoms with van der Waals surface area (Å²) in [6, 6.07) is 6.08. The third kappa shape index (κ3) is 3.35. The van der Waals surface area contributed by atoms with Gasteiger partial charge >= 0.3 is 0 Å². The fourth-order valence-corrected chi connectivity index (χ4v) is 3.70. The third-order valence-electron chi connectivity index (χ3n) is 5.21. The minimum Gasteiger partial charge on any atom is -0.373 e. The van der Waals surface area contributed by atoms with Crippen molar-refractivity contribution < 1.29 is 27.1 Å². The molecule has 0 saturated carbocycles. The maximum absolute atomic E-state index is 14.0. The highest BCUT2D eigenvalue weighted by Crippen LogP contribution is 2.34. The van der Waals surface area contributed by atoms with Crippen molar-refractivity contribution in [2.75, 3.05) is 13.7 Å². The standard InChI is InChI=1S/C21H16F4N2O3/c1-27(21(29)11-4-2-3-10(5-11)19(24)25)17-9-30-8-16-18(17)12-6-14(22)15(23)7-13(12)20(28)26-16/h2-7,17,19H,8-9H2,1H3,(H,26,28)/t17-/m0/s1. The molecule has 1 aromatic heterocycles. The Morgan fingerprint density at radius 2 is 1.87 bits per heavy atom. The van der Waals surface area contributed by atoms with E-state index >= 15 is 0 Å². The Kier molecular flexibility index (Phi) is 5.07. The smallest absolute Gasteiger partial charge is 0.263 e. The number of nitrogens with one attached hydrogen (secondary N) is 1. The number of carbonyl (C=O) groups is 1. The van der Waals surface area contributed by atoms with E-state index in [9.17, 15) is 27.2 Å². The molecule has 0 radical (unpaired) electrons. The second-order valence-corrected chi connectivity index (χ2v) is 7.03. The van der Waals surface area contributed by atoms with Gasteiger partial charge < -0.3 is 14.6 Å². The van der Waals surface area contributed by atoms with Crippen LogP contribution in [0.25, 0.3) is 10.8 Å². The zero-order chi connectivity index (χ0) is 21.6. The summed E-state index contributed by atoms with van der Waals surface area (Å²) in [5.41, 5.74) is -0.0767. The molecule has 9 heteroatoms. The highest BCUT2D eigenvalue weighted by Gasteiger charge is 2.31. The fourth-order valence-electron chi connectivity index (χ4n) is 3.70. The van der Waals surface area contributed by atoms with Gasteiger partial charge in [-0.25, -0.2) is 17.6 Å². The molecule has 3 aromatic rings. The summed E-state index contributed by atoms with van der Waals surface area (Å²) in [5, 5.41) is 0.113. The number of halogens is 4. The number of ether oxygens (including phenoxy) is 1. The van der Waals surface area contributed by atoms with Gasteiger partial charge in [0, 0.05) is 29.4 Å². The number of H-pyrrole nitrogens is 1. The largest absolute Gasteiger partial charge is 0.373 e. The number of hydrogen-bond donors (Lipinski definition) is 1. The lowest BCUT2D eigenvalue weighted by molar-refractivity contribution is 0.0335. The van der Waals surface area contributed by atoms with Gasteiger partial charge in [0.1, 0.15) is 0 Å². The number of alkyl halides is 2. The monoisotopic (exact) mass is 420 g/mol. The van der Waals surface area contributed by atoms with E-state index in [1.165, 1.54) is 30.1 Å². The molecule has 156 valence electrons. The SMILES string of the molecule is CN(C(=O)c1cccc(C(F)F)c1)[C@H]1COCc2[nH]c(=O)c3cc(F)c(F)cc3c21. The van der Waals surface area contributed by atoms with Crippen LogP contribution in [0.3, 0.4) is 0 Å². The molecule has 1 aliphatic rings. The molecule has 1 atom stereocenters. The van der Waals surface area contributed by atoms with Crippen LogP contribution >= 0.6 is 0 Å². The molecule has 0 saturated heterocycles. The van der Waals surface area contributed by atoms with Crippen molar-refractivity contribution in [1.82, 2.24) is 9.88 Å². The number of likely N-dealkylation sites (N-methyl/N-ethyl adjacent to an activating group) is 1. The van der Waals surface area contributed by atoms with Crippen LogP contribution in [0.2, 0.25) is 0 Å². The number of aromatic nitrogens is 1. The van der Waals surface area contributed by atoms with Crippen molar-refractivity contribution in [1.29, 1.82) is 0 Å². The molecule has 1 aliphatic heterocycles. The first-order valence-corrected chi connectivity index (χ1v) is 9.04. The summed E-state index contributed by atoms with van der Waals surface area (Å²) in [4.78, 5) is 29.1. The van der Waals surface area contributed by atoms with E-state index in [0.717, 1.165) is 18.2 Å². The van der Waals surface area contributed by atoms with Gasteiger partial charge in [0.15, 0.2) is 11.6 Å². The summed E-state index contributed by atoms with van der Waals surface area (Å²) in [7, 11) is 1.46. The molecule has 0 spiro atoms. The van der Waals surface area contributed by atoms with Crippen molar-refractivity contribution in [3.05, 3.63) is 80.8 Å². The lowest BCUT2D eigenvalue weighted by Crippen LogP contribution is -2.37. The molecule has 2 aromatic carbocycles. The van der Waals surface area contributed by atoms with E-state index in [0.29, 0.717) is 11.3 Å². The highest BCUT2D eigenvalue weighted by atomic mass is 19.3. The van der Waals surface area contributed by atoms with E-state index in [1.807, 2.05) is 0 Å². The van der Waals surface area contributed by atoms with Crippen LogP contribution in [0.1, 0.15) is 39.6 Å². The number of pyridine rings is 1. The van der Waals surface area contributed by atoms with Crippen LogP contribution in [0.5, 0.6) is 0 Å². The van der Waals surface area contributed by atoms with E-state index < -0.39 is 35.6 Å². The summed E-state index contributed by atoms with van der Waals surface area (Å²) in [6.07, 6.45) is -2.73. The summed E-state index contributed by atoms with van der Waals surface area (Å²) in [5.74, 6) is -2.84. The molecule has 0 aliphatic carbocycles. The molecule has 30 heavy (non-hydrogen) atoms. The molecule has 0 unspecified atom stereocenters. The van der Waals surface area contributed by atoms with E-state index in [1.54, 1.807) is 0 Å². The molecular formula is C21H16F4N2O3. The van der Waals surface area contributed by atoms with Crippen molar-refractivity contribution in [2.24, 2.45) is 0 Å². The Balaban J connectivity index is 1.82. The molecule has 1 N–H and O–H groups in total. The predicted octanol–water partition coefficient (Wildman–Crippen LogP) is 4.09. The number of rotatable bonds is 3. The summed E-state index contributed by atoms with van der Waals surface area (Å²) >= 11 is 0. The van der Waals surface area contributed by atoms with Crippen molar-refractivity contribution >= 4 is 16.7 Å². The third-order valence-corrected chi connectivity index (χ3v) is 5.21. The zero-order valence-corrected chi connectivity index (χ0v) is 15.7. The lowest BCUT2D eigenvalue weighted by atomic mass is 9.95. The number of aromatic amines is 1. The molecule has 0 bridgehead atoms. The first-order valence-electron chi connectivity index (χ1n) is 9.04. The number of hydrogen-bond acceptors (Lipinski definition) is 3. The normalized spacial score (nSPS) is 16.0. The molecule has 2 heterocycles. The minimum atomic E-state index is -2.73. The van der Waals surface area contributed by atoms with Gasteiger partial charge in [0.2, 0.25) is 0 Å². The second-order valence-electron chi connectivity index (χ2n) is 7.03. The van der Waals surface area contributed by atoms with Gasteiger partial charge in [-0.3, -0.25) is 9.59 Å². The molecular weight excluding hydrogens is 404 g/mol. The quantitative estimate of drug-likeness (QED) is 0.650. The first-order chi connectivity index (χ1) is 14.3. The van der Waals surface area contributed by atoms with E-state index in [-0.39, 0.29) is 35.1 Å². The van der Waals surface area contributed by atoms with Gasteiger partial charge in [0.05, 0.1) is 24.6 Å². The Labute approximate surface area is 167 Å². The van der Waals surface area contributed by atoms with Crippen LogP contribution in [0.15, 0.2) is 41.2 Å². The summed E-state index contributed by atoms with van der Waals surface area (Å²) in [6.45, 7) is 0.0584. The fraction of sp³-hybridized carbons (Fsp3) is 0.238. The van der Waals surface area contributed by atoms with Crippen LogP contribution < -0.4 is 5.56 Å². The Morgan fingerprint density at radius 1 is 1.17 bits per heavy atom. The Hall–Kier alpha value is -3.20. The average molecular weight is 420 g/mol. The maximum atomic E-state index is 14.0. The second kappa shape index (κ2) is 7.56. The predicted molar refractivity (Wildman–Crippen MR) is 100 cm³/mol. The van der Waals surface area contributed by atoms with Crippen molar-refractivity contribution in [2.45, 2.75) is 19.1 Å². The van der Waals surface area contributed by atoms with Crippen molar-refractivity contribution in [3.63, 3.8) is 0 Å². The van der Waals surface area contributed by atoms with Gasteiger partial charge in [-0.1, -0.05) is 12.1 Å². The number of carbonyl (C=O) groups excluding carboxylic acids is 1. The van der Waals surface area contributed by atoms with Crippen molar-refractivity contribution in [3.8, 4) is 0 Å². The minimum absolute atomic E-state index is 0.0267. The van der Waals surface area contributed by atoms with Crippen LogP contribution in [-0.4, -0.2) is 29.4 Å². The average Bonchev–Trinajstić information content (AvgIpc) is 2.73. The first kappa shape index (κ1) is 20.1. The topological polar surface area (TPSA) is 62.4 Å².